The van der Waals surface area contributed by atoms with Gasteiger partial charge in [0, 0.05) is 42.5 Å². The number of carbonyl (C=O) groups is 2. The van der Waals surface area contributed by atoms with Crippen LogP contribution in [0.5, 0.6) is 0 Å². The van der Waals surface area contributed by atoms with Crippen molar-refractivity contribution < 1.29 is 19.4 Å². The van der Waals surface area contributed by atoms with Crippen molar-refractivity contribution in [1.82, 2.24) is 14.7 Å². The summed E-state index contributed by atoms with van der Waals surface area (Å²) >= 11 is 6.21. The number of anilines is 1. The summed E-state index contributed by atoms with van der Waals surface area (Å²) in [6, 6.07) is 13.2. The highest BCUT2D eigenvalue weighted by Gasteiger charge is 2.36. The molecule has 0 spiro atoms. The predicted octanol–water partition coefficient (Wildman–Crippen LogP) is 4.28. The zero-order chi connectivity index (χ0) is 26.5. The van der Waals surface area contributed by atoms with Crippen molar-refractivity contribution in [2.75, 3.05) is 37.7 Å². The van der Waals surface area contributed by atoms with Crippen molar-refractivity contribution in [3.8, 4) is 5.69 Å². The molecule has 1 aromatic heterocycles. The van der Waals surface area contributed by atoms with Crippen molar-refractivity contribution in [3.63, 3.8) is 0 Å². The number of ether oxygens (including phenoxy) is 1. The number of amides is 1. The van der Waals surface area contributed by atoms with Crippen molar-refractivity contribution in [1.29, 1.82) is 0 Å². The zero-order valence-corrected chi connectivity index (χ0v) is 22.3. The Hall–Kier alpha value is -3.20. The molecule has 2 aromatic carbocycles. The number of carbonyl (C=O) groups excluding carboxylic acids is 2. The maximum absolute atomic E-state index is 13.9. The number of benzene rings is 2. The first-order valence-corrected chi connectivity index (χ1v) is 13.2. The Kier molecular flexibility index (Phi) is 8.63. The minimum Gasteiger partial charge on any atom is -0.461 e. The second-order valence-corrected chi connectivity index (χ2v) is 9.13. The summed E-state index contributed by atoms with van der Waals surface area (Å²) in [5, 5.41) is 14.3. The molecule has 0 unspecified atom stereocenters. The van der Waals surface area contributed by atoms with E-state index in [9.17, 15) is 14.7 Å². The number of aliphatic hydroxyl groups is 1. The third-order valence-corrected chi connectivity index (χ3v) is 6.78. The predicted molar refractivity (Wildman–Crippen MR) is 144 cm³/mol. The highest BCUT2D eigenvalue weighted by atomic mass is 35.5. The molecule has 0 saturated heterocycles. The van der Waals surface area contributed by atoms with E-state index in [4.69, 9.17) is 16.3 Å². The Labute approximate surface area is 222 Å². The fourth-order valence-corrected chi connectivity index (χ4v) is 5.05. The highest BCUT2D eigenvalue weighted by Crippen LogP contribution is 2.32. The summed E-state index contributed by atoms with van der Waals surface area (Å²) in [5.41, 5.74) is 4.95. The van der Waals surface area contributed by atoms with E-state index in [0.717, 1.165) is 30.8 Å². The summed E-state index contributed by atoms with van der Waals surface area (Å²) in [7, 11) is 0. The Morgan fingerprint density at radius 1 is 1.08 bits per heavy atom. The van der Waals surface area contributed by atoms with E-state index in [1.807, 2.05) is 19.9 Å². The van der Waals surface area contributed by atoms with Crippen molar-refractivity contribution >= 4 is 29.2 Å². The Morgan fingerprint density at radius 3 is 2.62 bits per heavy atom. The van der Waals surface area contributed by atoms with Gasteiger partial charge in [-0.1, -0.05) is 37.6 Å². The molecule has 0 saturated carbocycles. The molecule has 0 fully saturated rings. The number of nitrogens with zero attached hydrogens (tertiary/aromatic N) is 4. The van der Waals surface area contributed by atoms with E-state index in [0.29, 0.717) is 41.5 Å². The maximum atomic E-state index is 13.9. The quantitative estimate of drug-likeness (QED) is 0.484. The highest BCUT2D eigenvalue weighted by molar-refractivity contribution is 6.30. The van der Waals surface area contributed by atoms with Crippen LogP contribution in [-0.2, 0) is 24.1 Å². The molecule has 3 heterocycles. The zero-order valence-electron chi connectivity index (χ0n) is 21.5. The van der Waals surface area contributed by atoms with Gasteiger partial charge in [0.1, 0.15) is 5.69 Å². The van der Waals surface area contributed by atoms with Crippen LogP contribution in [0.25, 0.3) is 5.69 Å². The fourth-order valence-electron chi connectivity index (χ4n) is 4.87. The molecule has 3 aromatic rings. The summed E-state index contributed by atoms with van der Waals surface area (Å²) in [5.74, 6) is -0.763. The van der Waals surface area contributed by atoms with Crippen LogP contribution < -0.4 is 4.90 Å². The Balaban J connectivity index is 0.00000156. The molecule has 2 aliphatic rings. The first-order chi connectivity index (χ1) is 18.0. The summed E-state index contributed by atoms with van der Waals surface area (Å²) in [4.78, 5) is 30.5. The van der Waals surface area contributed by atoms with Crippen LogP contribution in [0.15, 0.2) is 42.5 Å². The van der Waals surface area contributed by atoms with E-state index in [1.54, 1.807) is 36.1 Å². The van der Waals surface area contributed by atoms with Crippen LogP contribution in [0.1, 0.15) is 58.4 Å². The second kappa shape index (κ2) is 11.9. The number of hydrogen-bond donors (Lipinski definition) is 1. The van der Waals surface area contributed by atoms with E-state index in [1.165, 1.54) is 10.2 Å². The van der Waals surface area contributed by atoms with Gasteiger partial charge >= 0.3 is 5.97 Å². The van der Waals surface area contributed by atoms with Gasteiger partial charge in [-0.05, 0) is 61.2 Å². The standard InChI is InChI=1S/C26H27ClN4O4.C2H6/c1-2-35-26(34)23-22-9-11-30(20-7-6-17-8-10-29(12-13-32)16-18(17)14-20)25(33)24(22)31(28-23)21-5-3-4-19(27)15-21;1-2/h3-7,14-15,32H,2,8-13,16H2,1H3;1-2H3. The SMILES string of the molecule is CC.CCOC(=O)c1nn(-c2cccc(Cl)c2)c2c1CCN(c1ccc3c(c1)CN(CCO)CC3)C2=O. The van der Waals surface area contributed by atoms with Crippen molar-refractivity contribution in [2.24, 2.45) is 0 Å². The molecular formula is C28H33ClN4O4. The Morgan fingerprint density at radius 2 is 1.89 bits per heavy atom. The molecule has 196 valence electrons. The smallest absolute Gasteiger partial charge is 0.359 e. The van der Waals surface area contributed by atoms with Gasteiger partial charge in [-0.3, -0.25) is 9.69 Å². The monoisotopic (exact) mass is 524 g/mol. The van der Waals surface area contributed by atoms with Crippen LogP contribution in [0.3, 0.4) is 0 Å². The summed E-state index contributed by atoms with van der Waals surface area (Å²) < 4.78 is 6.72. The normalized spacial score (nSPS) is 14.9. The number of aliphatic hydroxyl groups excluding tert-OH is 1. The molecule has 0 atom stereocenters. The molecule has 2 aliphatic heterocycles. The third kappa shape index (κ3) is 5.42. The molecule has 0 radical (unpaired) electrons. The number of hydrogen-bond acceptors (Lipinski definition) is 6. The lowest BCUT2D eigenvalue weighted by Crippen LogP contribution is -2.39. The van der Waals surface area contributed by atoms with Crippen molar-refractivity contribution in [3.05, 3.63) is 75.6 Å². The molecule has 8 nitrogen and oxygen atoms in total. The van der Waals surface area contributed by atoms with E-state index in [2.05, 4.69) is 22.1 Å². The molecular weight excluding hydrogens is 492 g/mol. The lowest BCUT2D eigenvalue weighted by atomic mass is 9.97. The van der Waals surface area contributed by atoms with Gasteiger partial charge in [-0.15, -0.1) is 0 Å². The number of esters is 1. The number of fused-ring (bicyclic) bond motifs is 2. The van der Waals surface area contributed by atoms with Gasteiger partial charge in [0.25, 0.3) is 5.91 Å². The van der Waals surface area contributed by atoms with Gasteiger partial charge in [-0.25, -0.2) is 9.48 Å². The first kappa shape index (κ1) is 26.9. The van der Waals surface area contributed by atoms with Gasteiger partial charge < -0.3 is 14.7 Å². The van der Waals surface area contributed by atoms with Crippen molar-refractivity contribution in [2.45, 2.75) is 40.2 Å². The summed E-state index contributed by atoms with van der Waals surface area (Å²) in [6.45, 7) is 8.80. The summed E-state index contributed by atoms with van der Waals surface area (Å²) in [6.07, 6.45) is 1.39. The van der Waals surface area contributed by atoms with E-state index >= 15 is 0 Å². The molecule has 37 heavy (non-hydrogen) atoms. The minimum absolute atomic E-state index is 0.124. The molecule has 5 rings (SSSR count). The molecule has 9 heteroatoms. The molecule has 1 amide bonds. The third-order valence-electron chi connectivity index (χ3n) is 6.55. The largest absolute Gasteiger partial charge is 0.461 e. The fraction of sp³-hybridized carbons (Fsp3) is 0.393. The molecule has 0 bridgehead atoms. The van der Waals surface area contributed by atoms with Gasteiger partial charge in [0.05, 0.1) is 18.9 Å². The molecule has 1 N–H and O–H groups in total. The second-order valence-electron chi connectivity index (χ2n) is 8.70. The number of halogens is 1. The number of aromatic nitrogens is 2. The maximum Gasteiger partial charge on any atom is 0.359 e. The first-order valence-electron chi connectivity index (χ1n) is 12.8. The van der Waals surface area contributed by atoms with Crippen LogP contribution >= 0.6 is 11.6 Å². The lowest BCUT2D eigenvalue weighted by Gasteiger charge is -2.31. The van der Waals surface area contributed by atoms with Crippen LogP contribution in [0.2, 0.25) is 5.02 Å². The van der Waals surface area contributed by atoms with Crippen LogP contribution in [0, 0.1) is 0 Å². The average Bonchev–Trinajstić information content (AvgIpc) is 3.31. The number of rotatable bonds is 6. The van der Waals surface area contributed by atoms with Gasteiger partial charge in [0.2, 0.25) is 0 Å². The average molecular weight is 525 g/mol. The van der Waals surface area contributed by atoms with Gasteiger partial charge in [-0.2, -0.15) is 5.10 Å². The topological polar surface area (TPSA) is 87.9 Å². The Bertz CT molecular complexity index is 1290. The number of β-amino-alcohol motifs (C(OH)–C–C–N with tert-alkyl or cyclic N) is 1. The van der Waals surface area contributed by atoms with E-state index < -0.39 is 5.97 Å². The van der Waals surface area contributed by atoms with E-state index in [-0.39, 0.29) is 24.8 Å². The van der Waals surface area contributed by atoms with Crippen LogP contribution in [-0.4, -0.2) is 64.5 Å². The van der Waals surface area contributed by atoms with Crippen LogP contribution in [0.4, 0.5) is 5.69 Å². The van der Waals surface area contributed by atoms with Gasteiger partial charge in [0.15, 0.2) is 5.69 Å². The lowest BCUT2D eigenvalue weighted by molar-refractivity contribution is 0.0517. The minimum atomic E-state index is -0.538. The molecule has 0 aliphatic carbocycles.